The number of aromatic amines is 2. The summed E-state index contributed by atoms with van der Waals surface area (Å²) in [6.45, 7) is 2.12. The summed E-state index contributed by atoms with van der Waals surface area (Å²) in [7, 11) is 1.59. The summed E-state index contributed by atoms with van der Waals surface area (Å²) >= 11 is 5.40. The Kier molecular flexibility index (Phi) is 5.41. The van der Waals surface area contributed by atoms with Crippen LogP contribution in [0.4, 0.5) is 0 Å². The molecular formula is C22H22N4O3S. The maximum atomic E-state index is 13.0. The summed E-state index contributed by atoms with van der Waals surface area (Å²) in [4.78, 5) is 31.7. The van der Waals surface area contributed by atoms with Crippen LogP contribution in [-0.2, 0) is 11.3 Å². The van der Waals surface area contributed by atoms with Crippen molar-refractivity contribution in [2.24, 2.45) is 0 Å². The quantitative estimate of drug-likeness (QED) is 0.412. The summed E-state index contributed by atoms with van der Waals surface area (Å²) < 4.78 is 6.96. The molecule has 4 rings (SSSR count). The second kappa shape index (κ2) is 8.16. The molecule has 0 saturated carbocycles. The molecule has 2 aromatic heterocycles. The Morgan fingerprint density at radius 3 is 2.67 bits per heavy atom. The number of hydrogen-bond donors (Lipinski definition) is 3. The van der Waals surface area contributed by atoms with Gasteiger partial charge in [-0.1, -0.05) is 30.3 Å². The number of aromatic nitrogens is 3. The average Bonchev–Trinajstić information content (AvgIpc) is 3.12. The van der Waals surface area contributed by atoms with Gasteiger partial charge < -0.3 is 20.0 Å². The normalized spacial score (nSPS) is 12.2. The SMILES string of the molecule is COc1ccc2[nH]c3c(=O)n(CCC(=O)NC(C)c4ccccc4)c(=S)[nH]c3c2c1. The van der Waals surface area contributed by atoms with Gasteiger partial charge in [-0.3, -0.25) is 14.2 Å². The van der Waals surface area contributed by atoms with Crippen LogP contribution >= 0.6 is 12.2 Å². The highest BCUT2D eigenvalue weighted by Gasteiger charge is 2.14. The summed E-state index contributed by atoms with van der Waals surface area (Å²) in [6.07, 6.45) is 0.147. The van der Waals surface area contributed by atoms with Gasteiger partial charge in [0.1, 0.15) is 11.3 Å². The molecule has 1 unspecified atom stereocenters. The van der Waals surface area contributed by atoms with E-state index in [-0.39, 0.29) is 35.2 Å². The Labute approximate surface area is 177 Å². The average molecular weight is 423 g/mol. The van der Waals surface area contributed by atoms with Gasteiger partial charge in [-0.2, -0.15) is 0 Å². The van der Waals surface area contributed by atoms with Crippen LogP contribution in [-0.4, -0.2) is 27.6 Å². The minimum Gasteiger partial charge on any atom is -0.497 e. The number of hydrogen-bond acceptors (Lipinski definition) is 4. The summed E-state index contributed by atoms with van der Waals surface area (Å²) in [5.74, 6) is 0.547. The molecule has 154 valence electrons. The molecule has 0 aliphatic heterocycles. The molecule has 0 radical (unpaired) electrons. The number of rotatable bonds is 6. The first-order valence-corrected chi connectivity index (χ1v) is 10.1. The van der Waals surface area contributed by atoms with Crippen molar-refractivity contribution in [3.8, 4) is 5.75 Å². The van der Waals surface area contributed by atoms with Crippen molar-refractivity contribution in [3.05, 3.63) is 69.2 Å². The number of amides is 1. The Bertz CT molecular complexity index is 1340. The van der Waals surface area contributed by atoms with Crippen LogP contribution in [0, 0.1) is 4.77 Å². The van der Waals surface area contributed by atoms with Crippen molar-refractivity contribution in [1.29, 1.82) is 0 Å². The first-order valence-electron chi connectivity index (χ1n) is 9.65. The minimum atomic E-state index is -0.257. The van der Waals surface area contributed by atoms with E-state index in [0.717, 1.165) is 16.5 Å². The minimum absolute atomic E-state index is 0.115. The standard InChI is InChI=1S/C22H22N4O3S/c1-13(14-6-4-3-5-7-14)23-18(27)10-11-26-21(28)20-19(25-22(26)30)16-12-15(29-2)8-9-17(16)24-20/h3-9,12-13,24H,10-11H2,1-2H3,(H,23,27)(H,25,30). The fourth-order valence-corrected chi connectivity index (χ4v) is 3.82. The lowest BCUT2D eigenvalue weighted by Gasteiger charge is -2.14. The lowest BCUT2D eigenvalue weighted by atomic mass is 10.1. The molecular weight excluding hydrogens is 400 g/mol. The third-order valence-corrected chi connectivity index (χ3v) is 5.50. The lowest BCUT2D eigenvalue weighted by Crippen LogP contribution is -2.30. The molecule has 0 saturated heterocycles. The summed E-state index contributed by atoms with van der Waals surface area (Å²) in [5, 5.41) is 3.78. The van der Waals surface area contributed by atoms with Crippen molar-refractivity contribution >= 4 is 40.1 Å². The molecule has 1 atom stereocenters. The number of ether oxygens (including phenoxy) is 1. The fourth-order valence-electron chi connectivity index (χ4n) is 3.54. The zero-order chi connectivity index (χ0) is 21.3. The van der Waals surface area contributed by atoms with E-state index >= 15 is 0 Å². The highest BCUT2D eigenvalue weighted by atomic mass is 32.1. The number of methoxy groups -OCH3 is 1. The maximum Gasteiger partial charge on any atom is 0.278 e. The Balaban J connectivity index is 1.57. The number of nitrogens with zero attached hydrogens (tertiary/aromatic N) is 1. The molecule has 1 amide bonds. The second-order valence-electron chi connectivity index (χ2n) is 7.12. The van der Waals surface area contributed by atoms with Crippen LogP contribution in [0.3, 0.4) is 0 Å². The monoisotopic (exact) mass is 422 g/mol. The predicted octanol–water partition coefficient (Wildman–Crippen LogP) is 3.82. The van der Waals surface area contributed by atoms with E-state index in [4.69, 9.17) is 17.0 Å². The van der Waals surface area contributed by atoms with E-state index < -0.39 is 0 Å². The maximum absolute atomic E-state index is 13.0. The van der Waals surface area contributed by atoms with Crippen molar-refractivity contribution < 1.29 is 9.53 Å². The van der Waals surface area contributed by atoms with E-state index in [9.17, 15) is 9.59 Å². The van der Waals surface area contributed by atoms with Crippen LogP contribution < -0.4 is 15.6 Å². The van der Waals surface area contributed by atoms with Crippen molar-refractivity contribution in [1.82, 2.24) is 19.9 Å². The van der Waals surface area contributed by atoms with Crippen LogP contribution in [0.5, 0.6) is 5.75 Å². The fraction of sp³-hybridized carbons (Fsp3) is 0.227. The van der Waals surface area contributed by atoms with Gasteiger partial charge >= 0.3 is 0 Å². The molecule has 0 bridgehead atoms. The smallest absolute Gasteiger partial charge is 0.278 e. The first-order chi connectivity index (χ1) is 14.5. The van der Waals surface area contributed by atoms with Gasteiger partial charge in [0.15, 0.2) is 4.77 Å². The Morgan fingerprint density at radius 1 is 1.17 bits per heavy atom. The number of carbonyl (C=O) groups is 1. The highest BCUT2D eigenvalue weighted by molar-refractivity contribution is 7.71. The zero-order valence-corrected chi connectivity index (χ0v) is 17.5. The highest BCUT2D eigenvalue weighted by Crippen LogP contribution is 2.25. The van der Waals surface area contributed by atoms with Crippen LogP contribution in [0.2, 0.25) is 0 Å². The molecule has 2 aromatic carbocycles. The van der Waals surface area contributed by atoms with Gasteiger partial charge in [0, 0.05) is 23.9 Å². The number of H-pyrrole nitrogens is 2. The van der Waals surface area contributed by atoms with E-state index in [1.165, 1.54) is 4.57 Å². The molecule has 0 aliphatic rings. The topological polar surface area (TPSA) is 91.9 Å². The van der Waals surface area contributed by atoms with E-state index in [1.807, 2.05) is 55.5 Å². The zero-order valence-electron chi connectivity index (χ0n) is 16.7. The molecule has 2 heterocycles. The Hall–Kier alpha value is -3.39. The summed E-state index contributed by atoms with van der Waals surface area (Å²) in [5.41, 5.74) is 2.63. The molecule has 8 heteroatoms. The molecule has 0 spiro atoms. The third kappa shape index (κ3) is 3.73. The van der Waals surface area contributed by atoms with Crippen LogP contribution in [0.15, 0.2) is 53.3 Å². The van der Waals surface area contributed by atoms with Gasteiger partial charge in [0.2, 0.25) is 5.91 Å². The van der Waals surface area contributed by atoms with Gasteiger partial charge in [-0.05, 0) is 42.9 Å². The molecule has 3 N–H and O–H groups in total. The van der Waals surface area contributed by atoms with Crippen LogP contribution in [0.25, 0.3) is 21.9 Å². The van der Waals surface area contributed by atoms with E-state index in [0.29, 0.717) is 16.8 Å². The van der Waals surface area contributed by atoms with Gasteiger partial charge in [-0.15, -0.1) is 0 Å². The van der Waals surface area contributed by atoms with Crippen molar-refractivity contribution in [2.45, 2.75) is 25.9 Å². The van der Waals surface area contributed by atoms with Gasteiger partial charge in [-0.25, -0.2) is 0 Å². The first kappa shape index (κ1) is 19.9. The Morgan fingerprint density at radius 2 is 1.93 bits per heavy atom. The van der Waals surface area contributed by atoms with E-state index in [1.54, 1.807) is 7.11 Å². The molecule has 30 heavy (non-hydrogen) atoms. The number of nitrogens with one attached hydrogen (secondary N) is 3. The van der Waals surface area contributed by atoms with E-state index in [2.05, 4.69) is 15.3 Å². The largest absolute Gasteiger partial charge is 0.497 e. The third-order valence-electron chi connectivity index (χ3n) is 5.18. The number of fused-ring (bicyclic) bond motifs is 3. The second-order valence-corrected chi connectivity index (χ2v) is 7.51. The molecule has 7 nitrogen and oxygen atoms in total. The predicted molar refractivity (Wildman–Crippen MR) is 119 cm³/mol. The van der Waals surface area contributed by atoms with Crippen LogP contribution in [0.1, 0.15) is 24.9 Å². The molecule has 0 aliphatic carbocycles. The number of benzene rings is 2. The van der Waals surface area contributed by atoms with Crippen molar-refractivity contribution in [3.63, 3.8) is 0 Å². The van der Waals surface area contributed by atoms with Crippen molar-refractivity contribution in [2.75, 3.05) is 7.11 Å². The molecule has 4 aromatic rings. The van der Waals surface area contributed by atoms with Gasteiger partial charge in [0.05, 0.1) is 18.7 Å². The lowest BCUT2D eigenvalue weighted by molar-refractivity contribution is -0.122. The summed E-state index contributed by atoms with van der Waals surface area (Å²) in [6, 6.07) is 15.1. The number of carbonyl (C=O) groups excluding carboxylic acids is 1. The van der Waals surface area contributed by atoms with Gasteiger partial charge in [0.25, 0.3) is 5.56 Å². The molecule has 0 fully saturated rings.